The first kappa shape index (κ1) is 25.0. The standard InChI is InChI=1S/C25H21N3O9/c1-34-22-12-15(6-8-20(22)36-14-16-4-3-5-17(10-16)28(32)33)11-19-23(29)27(25(31)26-19)13-18-7-9-21(37-18)24(30)35-2/h3-12H,13-14H2,1-2H3,(H,26,31)/b19-11-. The van der Waals surface area contributed by atoms with E-state index in [2.05, 4.69) is 10.1 Å². The van der Waals surface area contributed by atoms with E-state index >= 15 is 0 Å². The lowest BCUT2D eigenvalue weighted by Crippen LogP contribution is -2.30. The number of ether oxygens (including phenoxy) is 3. The van der Waals surface area contributed by atoms with E-state index in [4.69, 9.17) is 13.9 Å². The molecule has 2 aromatic carbocycles. The number of carbonyl (C=O) groups excluding carboxylic acids is 3. The molecule has 0 spiro atoms. The average Bonchev–Trinajstić information content (AvgIpc) is 3.47. The molecule has 1 aromatic heterocycles. The highest BCUT2D eigenvalue weighted by molar-refractivity contribution is 6.13. The van der Waals surface area contributed by atoms with Crippen molar-refractivity contribution in [3.63, 3.8) is 0 Å². The highest BCUT2D eigenvalue weighted by Gasteiger charge is 2.34. The van der Waals surface area contributed by atoms with Gasteiger partial charge < -0.3 is 23.9 Å². The van der Waals surface area contributed by atoms with Gasteiger partial charge in [0.1, 0.15) is 18.1 Å². The molecular formula is C25H21N3O9. The fourth-order valence-electron chi connectivity index (χ4n) is 3.52. The molecule has 3 amide bonds. The third kappa shape index (κ3) is 5.59. The molecule has 4 rings (SSSR count). The predicted molar refractivity (Wildman–Crippen MR) is 128 cm³/mol. The van der Waals surface area contributed by atoms with Crippen LogP contribution >= 0.6 is 0 Å². The molecule has 1 fully saturated rings. The summed E-state index contributed by atoms with van der Waals surface area (Å²) in [5, 5.41) is 13.5. The monoisotopic (exact) mass is 507 g/mol. The molecule has 2 heterocycles. The molecule has 1 aliphatic heterocycles. The fourth-order valence-corrected chi connectivity index (χ4v) is 3.52. The quantitative estimate of drug-likeness (QED) is 0.150. The van der Waals surface area contributed by atoms with Gasteiger partial charge in [-0.15, -0.1) is 0 Å². The number of non-ortho nitro benzene ring substituents is 1. The van der Waals surface area contributed by atoms with Gasteiger partial charge in [-0.05, 0) is 41.5 Å². The lowest BCUT2D eigenvalue weighted by Gasteiger charge is -2.12. The minimum absolute atomic E-state index is 0.0386. The van der Waals surface area contributed by atoms with Crippen LogP contribution in [0.25, 0.3) is 6.08 Å². The number of imide groups is 1. The van der Waals surface area contributed by atoms with Gasteiger partial charge in [-0.1, -0.05) is 18.2 Å². The first-order chi connectivity index (χ1) is 17.8. The number of methoxy groups -OCH3 is 2. The lowest BCUT2D eigenvalue weighted by atomic mass is 10.1. The SMILES string of the molecule is COC(=O)c1ccc(CN2C(=O)N/C(=C\c3ccc(OCc4cccc([N+](=O)[O-])c4)c(OC)c3)C2=O)o1. The van der Waals surface area contributed by atoms with Gasteiger partial charge in [0.25, 0.3) is 11.6 Å². The second-order valence-electron chi connectivity index (χ2n) is 7.76. The van der Waals surface area contributed by atoms with E-state index in [-0.39, 0.29) is 36.1 Å². The van der Waals surface area contributed by atoms with Gasteiger partial charge in [0, 0.05) is 12.1 Å². The van der Waals surface area contributed by atoms with Crippen LogP contribution in [0.15, 0.2) is 64.7 Å². The molecule has 0 atom stereocenters. The number of furan rings is 1. The van der Waals surface area contributed by atoms with Crippen LogP contribution in [0, 0.1) is 10.1 Å². The molecule has 0 saturated carbocycles. The van der Waals surface area contributed by atoms with Crippen molar-refractivity contribution >= 4 is 29.7 Å². The van der Waals surface area contributed by atoms with E-state index in [0.29, 0.717) is 22.6 Å². The highest BCUT2D eigenvalue weighted by Crippen LogP contribution is 2.30. The molecule has 12 heteroatoms. The van der Waals surface area contributed by atoms with Gasteiger partial charge in [-0.2, -0.15) is 0 Å². The summed E-state index contributed by atoms with van der Waals surface area (Å²) >= 11 is 0. The normalized spacial score (nSPS) is 14.0. The van der Waals surface area contributed by atoms with Crippen molar-refractivity contribution in [2.75, 3.05) is 14.2 Å². The Balaban J connectivity index is 1.46. The zero-order chi connectivity index (χ0) is 26.5. The smallest absolute Gasteiger partial charge is 0.373 e. The first-order valence-electron chi connectivity index (χ1n) is 10.8. The van der Waals surface area contributed by atoms with Gasteiger partial charge in [0.05, 0.1) is 25.7 Å². The Morgan fingerprint density at radius 1 is 1.11 bits per heavy atom. The number of nitro benzene ring substituents is 1. The summed E-state index contributed by atoms with van der Waals surface area (Å²) in [5.74, 6) is -0.308. The van der Waals surface area contributed by atoms with Crippen molar-refractivity contribution in [3.8, 4) is 11.5 Å². The highest BCUT2D eigenvalue weighted by atomic mass is 16.6. The number of hydrogen-bond acceptors (Lipinski definition) is 9. The van der Waals surface area contributed by atoms with Crippen LogP contribution in [0.2, 0.25) is 0 Å². The number of esters is 1. The van der Waals surface area contributed by atoms with E-state index in [9.17, 15) is 24.5 Å². The summed E-state index contributed by atoms with van der Waals surface area (Å²) in [5.41, 5.74) is 1.16. The number of amides is 3. The van der Waals surface area contributed by atoms with Gasteiger partial charge in [-0.25, -0.2) is 9.59 Å². The molecule has 1 N–H and O–H groups in total. The minimum Gasteiger partial charge on any atom is -0.493 e. The first-order valence-corrected chi connectivity index (χ1v) is 10.8. The molecule has 0 bridgehead atoms. The zero-order valence-corrected chi connectivity index (χ0v) is 19.8. The van der Waals surface area contributed by atoms with E-state index in [1.165, 1.54) is 44.6 Å². The minimum atomic E-state index is -0.671. The Bertz CT molecular complexity index is 1410. The number of rotatable bonds is 9. The number of nitro groups is 1. The summed E-state index contributed by atoms with van der Waals surface area (Å²) in [6.07, 6.45) is 1.48. The maximum Gasteiger partial charge on any atom is 0.373 e. The largest absolute Gasteiger partial charge is 0.493 e. The van der Waals surface area contributed by atoms with Crippen LogP contribution in [0.5, 0.6) is 11.5 Å². The van der Waals surface area contributed by atoms with Crippen molar-refractivity contribution in [1.29, 1.82) is 0 Å². The van der Waals surface area contributed by atoms with Crippen LogP contribution in [0.3, 0.4) is 0 Å². The third-order valence-corrected chi connectivity index (χ3v) is 5.34. The van der Waals surface area contributed by atoms with Gasteiger partial charge in [0.2, 0.25) is 5.76 Å². The molecule has 12 nitrogen and oxygen atoms in total. The van der Waals surface area contributed by atoms with E-state index in [1.807, 2.05) is 0 Å². The van der Waals surface area contributed by atoms with Crippen LogP contribution in [-0.2, 0) is 22.7 Å². The van der Waals surface area contributed by atoms with Crippen LogP contribution < -0.4 is 14.8 Å². The maximum atomic E-state index is 12.8. The molecular weight excluding hydrogens is 486 g/mol. The average molecular weight is 507 g/mol. The maximum absolute atomic E-state index is 12.8. The molecule has 1 saturated heterocycles. The second-order valence-corrected chi connectivity index (χ2v) is 7.76. The Labute approximate surface area is 210 Å². The van der Waals surface area contributed by atoms with Crippen molar-refractivity contribution in [2.45, 2.75) is 13.2 Å². The Morgan fingerprint density at radius 3 is 2.65 bits per heavy atom. The second kappa shape index (κ2) is 10.6. The molecule has 0 radical (unpaired) electrons. The zero-order valence-electron chi connectivity index (χ0n) is 19.8. The number of nitrogens with one attached hydrogen (secondary N) is 1. The Hall–Kier alpha value is -5.13. The number of benzene rings is 2. The number of carbonyl (C=O) groups is 3. The summed E-state index contributed by atoms with van der Waals surface area (Å²) in [6.45, 7) is -0.0980. The van der Waals surface area contributed by atoms with Crippen LogP contribution in [-0.4, -0.2) is 42.0 Å². The van der Waals surface area contributed by atoms with Gasteiger partial charge in [-0.3, -0.25) is 19.8 Å². The van der Waals surface area contributed by atoms with Crippen molar-refractivity contribution in [3.05, 3.63) is 93.1 Å². The molecule has 37 heavy (non-hydrogen) atoms. The number of hydrogen-bond donors (Lipinski definition) is 1. The van der Waals surface area contributed by atoms with Gasteiger partial charge >= 0.3 is 12.0 Å². The molecule has 0 aliphatic carbocycles. The number of urea groups is 1. The molecule has 190 valence electrons. The lowest BCUT2D eigenvalue weighted by molar-refractivity contribution is -0.384. The summed E-state index contributed by atoms with van der Waals surface area (Å²) < 4.78 is 21.1. The van der Waals surface area contributed by atoms with Crippen molar-refractivity contribution in [2.24, 2.45) is 0 Å². The summed E-state index contributed by atoms with van der Waals surface area (Å²) in [4.78, 5) is 48.2. The number of nitrogens with zero attached hydrogens (tertiary/aromatic N) is 2. The summed E-state index contributed by atoms with van der Waals surface area (Å²) in [6, 6.07) is 13.2. The Kier molecular flexibility index (Phi) is 7.19. The molecule has 3 aromatic rings. The Morgan fingerprint density at radius 2 is 1.92 bits per heavy atom. The fraction of sp³-hybridized carbons (Fsp3) is 0.160. The topological polar surface area (TPSA) is 150 Å². The van der Waals surface area contributed by atoms with Crippen molar-refractivity contribution < 1.29 is 37.9 Å². The van der Waals surface area contributed by atoms with Crippen LogP contribution in [0.4, 0.5) is 10.5 Å². The van der Waals surface area contributed by atoms with E-state index in [1.54, 1.807) is 30.3 Å². The van der Waals surface area contributed by atoms with Crippen molar-refractivity contribution in [1.82, 2.24) is 10.2 Å². The molecule has 1 aliphatic rings. The van der Waals surface area contributed by atoms with E-state index in [0.717, 1.165) is 4.90 Å². The van der Waals surface area contributed by atoms with Gasteiger partial charge in [0.15, 0.2) is 11.5 Å². The van der Waals surface area contributed by atoms with Crippen LogP contribution in [0.1, 0.15) is 27.4 Å². The summed E-state index contributed by atoms with van der Waals surface area (Å²) in [7, 11) is 2.66. The van der Waals surface area contributed by atoms with E-state index < -0.39 is 22.8 Å². The predicted octanol–water partition coefficient (Wildman–Crippen LogP) is 3.65. The third-order valence-electron chi connectivity index (χ3n) is 5.34. The molecule has 0 unspecified atom stereocenters.